The Morgan fingerprint density at radius 2 is 1.88 bits per heavy atom. The van der Waals surface area contributed by atoms with Crippen LogP contribution in [0.4, 0.5) is 0 Å². The maximum absolute atomic E-state index is 12.1. The molecule has 0 spiro atoms. The Hall–Kier alpha value is -3.07. The van der Waals surface area contributed by atoms with Gasteiger partial charge in [0.1, 0.15) is 11.4 Å². The Morgan fingerprint density at radius 3 is 2.52 bits per heavy atom. The highest BCUT2D eigenvalue weighted by molar-refractivity contribution is 9.10. The highest BCUT2D eigenvalue weighted by Crippen LogP contribution is 2.14. The molecule has 0 saturated carbocycles. The average molecular weight is 404 g/mol. The molecule has 0 fully saturated rings. The number of hydrazine groups is 1. The van der Waals surface area contributed by atoms with Crippen molar-refractivity contribution in [3.8, 4) is 11.4 Å². The molecule has 0 saturated heterocycles. The van der Waals surface area contributed by atoms with Gasteiger partial charge in [0.05, 0.1) is 12.8 Å². The normalized spacial score (nSPS) is 10.3. The predicted molar refractivity (Wildman–Crippen MR) is 93.5 cm³/mol. The molecule has 8 nitrogen and oxygen atoms in total. The van der Waals surface area contributed by atoms with Crippen molar-refractivity contribution in [2.45, 2.75) is 0 Å². The van der Waals surface area contributed by atoms with Gasteiger partial charge in [-0.1, -0.05) is 0 Å². The van der Waals surface area contributed by atoms with Crippen molar-refractivity contribution in [2.75, 3.05) is 7.11 Å². The molecular weight excluding hydrogens is 390 g/mol. The second-order valence-electron chi connectivity index (χ2n) is 4.98. The largest absolute Gasteiger partial charge is 0.497 e. The first-order valence-corrected chi connectivity index (χ1v) is 8.01. The predicted octanol–water partition coefficient (Wildman–Crippen LogP) is 2.05. The number of ether oxygens (including phenoxy) is 1. The Morgan fingerprint density at radius 1 is 1.16 bits per heavy atom. The summed E-state index contributed by atoms with van der Waals surface area (Å²) in [5.41, 5.74) is 5.90. The molecule has 0 atom stereocenters. The van der Waals surface area contributed by atoms with E-state index in [1.54, 1.807) is 48.5 Å². The van der Waals surface area contributed by atoms with Crippen molar-refractivity contribution >= 4 is 27.7 Å². The molecule has 1 aromatic carbocycles. The third kappa shape index (κ3) is 3.89. The minimum atomic E-state index is -0.522. The molecule has 0 aliphatic rings. The SMILES string of the molecule is COc1ccc(-n2ccc(C(=O)NNC(=O)c3cc(Br)c[nH]3)n2)cc1. The van der Waals surface area contributed by atoms with Crippen molar-refractivity contribution in [2.24, 2.45) is 0 Å². The van der Waals surface area contributed by atoms with Crippen molar-refractivity contribution < 1.29 is 14.3 Å². The summed E-state index contributed by atoms with van der Waals surface area (Å²) in [7, 11) is 1.59. The fourth-order valence-corrected chi connectivity index (χ4v) is 2.41. The van der Waals surface area contributed by atoms with Gasteiger partial charge in [-0.25, -0.2) is 4.68 Å². The maximum Gasteiger partial charge on any atom is 0.290 e. The van der Waals surface area contributed by atoms with Gasteiger partial charge in [-0.05, 0) is 52.3 Å². The lowest BCUT2D eigenvalue weighted by Crippen LogP contribution is -2.42. The highest BCUT2D eigenvalue weighted by Gasteiger charge is 2.13. The Balaban J connectivity index is 1.63. The van der Waals surface area contributed by atoms with Crippen molar-refractivity contribution in [3.63, 3.8) is 0 Å². The summed E-state index contributed by atoms with van der Waals surface area (Å²) in [6.45, 7) is 0. The summed E-state index contributed by atoms with van der Waals surface area (Å²) < 4.78 is 7.39. The summed E-state index contributed by atoms with van der Waals surface area (Å²) in [5.74, 6) is -0.257. The number of H-pyrrole nitrogens is 1. The number of nitrogens with zero attached hydrogens (tertiary/aromatic N) is 2. The summed E-state index contributed by atoms with van der Waals surface area (Å²) in [6.07, 6.45) is 3.27. The van der Waals surface area contributed by atoms with Crippen LogP contribution in [0.2, 0.25) is 0 Å². The maximum atomic E-state index is 12.1. The molecule has 3 N–H and O–H groups in total. The van der Waals surface area contributed by atoms with Gasteiger partial charge in [0.25, 0.3) is 11.8 Å². The minimum absolute atomic E-state index is 0.170. The van der Waals surface area contributed by atoms with E-state index in [1.165, 1.54) is 0 Å². The molecule has 3 aromatic rings. The molecule has 128 valence electrons. The lowest BCUT2D eigenvalue weighted by molar-refractivity contribution is 0.0841. The number of benzene rings is 1. The minimum Gasteiger partial charge on any atom is -0.497 e. The first-order valence-electron chi connectivity index (χ1n) is 7.21. The molecule has 25 heavy (non-hydrogen) atoms. The number of hydrogen-bond acceptors (Lipinski definition) is 4. The quantitative estimate of drug-likeness (QED) is 0.580. The van der Waals surface area contributed by atoms with Crippen molar-refractivity contribution in [3.05, 3.63) is 64.7 Å². The number of carbonyl (C=O) groups is 2. The standard InChI is InChI=1S/C16H14BrN5O3/c1-25-12-4-2-11(3-5-12)22-7-6-13(21-22)15(23)19-20-16(24)14-8-10(17)9-18-14/h2-9,18H,1H3,(H,19,23)(H,20,24). The number of carbonyl (C=O) groups excluding carboxylic acids is 2. The van der Waals surface area contributed by atoms with E-state index >= 15 is 0 Å². The molecule has 2 amide bonds. The van der Waals surface area contributed by atoms with Crippen LogP contribution in [0, 0.1) is 0 Å². The van der Waals surface area contributed by atoms with Crippen LogP contribution >= 0.6 is 15.9 Å². The summed E-state index contributed by atoms with van der Waals surface area (Å²) in [6, 6.07) is 10.4. The van der Waals surface area contributed by atoms with Crippen LogP contribution in [0.25, 0.3) is 5.69 Å². The fourth-order valence-electron chi connectivity index (χ4n) is 2.07. The van der Waals surface area contributed by atoms with Gasteiger partial charge in [0.15, 0.2) is 5.69 Å². The van der Waals surface area contributed by atoms with Crippen LogP contribution in [0.5, 0.6) is 5.75 Å². The number of aromatic amines is 1. The van der Waals surface area contributed by atoms with Crippen molar-refractivity contribution in [1.29, 1.82) is 0 Å². The number of amides is 2. The van der Waals surface area contributed by atoms with E-state index in [0.29, 0.717) is 5.69 Å². The van der Waals surface area contributed by atoms with E-state index in [-0.39, 0.29) is 5.69 Å². The van der Waals surface area contributed by atoms with E-state index in [0.717, 1.165) is 15.9 Å². The lowest BCUT2D eigenvalue weighted by atomic mass is 10.3. The fraction of sp³-hybridized carbons (Fsp3) is 0.0625. The zero-order valence-corrected chi connectivity index (χ0v) is 14.7. The highest BCUT2D eigenvalue weighted by atomic mass is 79.9. The zero-order valence-electron chi connectivity index (χ0n) is 13.1. The van der Waals surface area contributed by atoms with E-state index in [9.17, 15) is 9.59 Å². The lowest BCUT2D eigenvalue weighted by Gasteiger charge is -2.05. The summed E-state index contributed by atoms with van der Waals surface area (Å²) in [4.78, 5) is 26.7. The van der Waals surface area contributed by atoms with E-state index < -0.39 is 11.8 Å². The third-order valence-corrected chi connectivity index (χ3v) is 3.80. The molecule has 0 unspecified atom stereocenters. The van der Waals surface area contributed by atoms with Crippen molar-refractivity contribution in [1.82, 2.24) is 25.6 Å². The first-order chi connectivity index (χ1) is 12.1. The average Bonchev–Trinajstić information content (AvgIpc) is 3.29. The first kappa shape index (κ1) is 16.8. The van der Waals surface area contributed by atoms with Gasteiger partial charge < -0.3 is 9.72 Å². The van der Waals surface area contributed by atoms with Crippen LogP contribution in [0.15, 0.2) is 53.3 Å². The van der Waals surface area contributed by atoms with Gasteiger partial charge in [-0.15, -0.1) is 0 Å². The summed E-state index contributed by atoms with van der Waals surface area (Å²) >= 11 is 3.23. The number of hydrogen-bond donors (Lipinski definition) is 3. The molecule has 0 aliphatic heterocycles. The smallest absolute Gasteiger partial charge is 0.290 e. The molecule has 0 bridgehead atoms. The van der Waals surface area contributed by atoms with Crippen LogP contribution in [0.1, 0.15) is 21.0 Å². The van der Waals surface area contributed by atoms with Crippen LogP contribution < -0.4 is 15.6 Å². The van der Waals surface area contributed by atoms with Gasteiger partial charge in [0.2, 0.25) is 0 Å². The van der Waals surface area contributed by atoms with Crippen LogP contribution in [-0.2, 0) is 0 Å². The monoisotopic (exact) mass is 403 g/mol. The molecular formula is C16H14BrN5O3. The van der Waals surface area contributed by atoms with Crippen LogP contribution in [-0.4, -0.2) is 33.7 Å². The topological polar surface area (TPSA) is 101 Å². The second-order valence-corrected chi connectivity index (χ2v) is 5.90. The van der Waals surface area contributed by atoms with E-state index in [2.05, 4.69) is 36.9 Å². The molecule has 2 heterocycles. The van der Waals surface area contributed by atoms with Gasteiger partial charge >= 0.3 is 0 Å². The Labute approximate surface area is 151 Å². The Bertz CT molecular complexity index is 901. The van der Waals surface area contributed by atoms with E-state index in [4.69, 9.17) is 4.74 Å². The third-order valence-electron chi connectivity index (χ3n) is 3.34. The number of halogens is 1. The number of aromatic nitrogens is 3. The van der Waals surface area contributed by atoms with Gasteiger partial charge in [-0.2, -0.15) is 5.10 Å². The number of rotatable bonds is 4. The molecule has 0 radical (unpaired) electrons. The molecule has 3 rings (SSSR count). The van der Waals surface area contributed by atoms with Crippen LogP contribution in [0.3, 0.4) is 0 Å². The Kier molecular flexibility index (Phi) is 4.85. The van der Waals surface area contributed by atoms with E-state index in [1.807, 2.05) is 12.1 Å². The molecule has 2 aromatic heterocycles. The van der Waals surface area contributed by atoms with Gasteiger partial charge in [0, 0.05) is 16.9 Å². The van der Waals surface area contributed by atoms with Gasteiger partial charge in [-0.3, -0.25) is 20.4 Å². The number of methoxy groups -OCH3 is 1. The summed E-state index contributed by atoms with van der Waals surface area (Å²) in [5, 5.41) is 4.19. The number of nitrogens with one attached hydrogen (secondary N) is 3. The second kappa shape index (κ2) is 7.22. The molecule has 0 aliphatic carbocycles. The zero-order chi connectivity index (χ0) is 17.8. The molecule has 9 heteroatoms.